The number of fused-ring (bicyclic) bond motifs is 1. The second-order valence-electron chi connectivity index (χ2n) is 5.33. The van der Waals surface area contributed by atoms with Gasteiger partial charge in [-0.15, -0.1) is 11.8 Å². The second kappa shape index (κ2) is 5.98. The van der Waals surface area contributed by atoms with Gasteiger partial charge in [0.2, 0.25) is 0 Å². The smallest absolute Gasteiger partial charge is 0.101 e. The van der Waals surface area contributed by atoms with Crippen LogP contribution in [-0.2, 0) is 25.1 Å². The van der Waals surface area contributed by atoms with Crippen LogP contribution < -0.4 is 5.73 Å². The molecule has 0 aliphatic heterocycles. The summed E-state index contributed by atoms with van der Waals surface area (Å²) in [5.74, 6) is 0.964. The van der Waals surface area contributed by atoms with Crippen LogP contribution in [0.25, 0.3) is 0 Å². The number of hydrogen-bond acceptors (Lipinski definition) is 3. The molecule has 0 bridgehead atoms. The van der Waals surface area contributed by atoms with E-state index >= 15 is 0 Å². The minimum absolute atomic E-state index is 0.580. The Bertz CT molecular complexity index is 622. The molecule has 0 atom stereocenters. The summed E-state index contributed by atoms with van der Waals surface area (Å²) in [5, 5.41) is 1.12. The molecular formula is C17H20N2S. The van der Waals surface area contributed by atoms with E-state index in [4.69, 9.17) is 10.7 Å². The number of nitrogens with zero attached hydrogens (tertiary/aromatic N) is 1. The summed E-state index contributed by atoms with van der Waals surface area (Å²) in [7, 11) is 0. The van der Waals surface area contributed by atoms with Gasteiger partial charge in [0.05, 0.1) is 0 Å². The van der Waals surface area contributed by atoms with Crippen molar-refractivity contribution in [1.29, 1.82) is 0 Å². The van der Waals surface area contributed by atoms with E-state index in [1.54, 1.807) is 0 Å². The van der Waals surface area contributed by atoms with Crippen LogP contribution in [0.3, 0.4) is 0 Å². The van der Waals surface area contributed by atoms with Gasteiger partial charge in [0.15, 0.2) is 0 Å². The molecule has 0 saturated heterocycles. The van der Waals surface area contributed by atoms with Gasteiger partial charge in [0.1, 0.15) is 5.03 Å². The third-order valence-electron chi connectivity index (χ3n) is 3.94. The molecule has 2 nitrogen and oxygen atoms in total. The number of nitrogens with two attached hydrogens (primary N) is 1. The van der Waals surface area contributed by atoms with E-state index in [0.717, 1.165) is 23.6 Å². The van der Waals surface area contributed by atoms with Crippen molar-refractivity contribution in [2.75, 3.05) is 0 Å². The van der Waals surface area contributed by atoms with Crippen molar-refractivity contribution in [3.05, 3.63) is 58.3 Å². The average molecular weight is 284 g/mol. The Balaban J connectivity index is 1.82. The summed E-state index contributed by atoms with van der Waals surface area (Å²) >= 11 is 1.81. The lowest BCUT2D eigenvalue weighted by Crippen LogP contribution is -2.03. The predicted octanol–water partition coefficient (Wildman–Crippen LogP) is 3.63. The van der Waals surface area contributed by atoms with E-state index in [1.807, 2.05) is 11.8 Å². The summed E-state index contributed by atoms with van der Waals surface area (Å²) in [5.41, 5.74) is 12.5. The molecular weight excluding hydrogens is 264 g/mol. The van der Waals surface area contributed by atoms with E-state index in [1.165, 1.54) is 34.4 Å². The molecule has 0 spiro atoms. The van der Waals surface area contributed by atoms with Crippen molar-refractivity contribution in [3.63, 3.8) is 0 Å². The fraction of sp³-hybridized carbons (Fsp3) is 0.353. The fourth-order valence-corrected chi connectivity index (χ4v) is 3.81. The Labute approximate surface area is 124 Å². The Morgan fingerprint density at radius 1 is 1.20 bits per heavy atom. The monoisotopic (exact) mass is 284 g/mol. The molecule has 104 valence electrons. The quantitative estimate of drug-likeness (QED) is 0.871. The van der Waals surface area contributed by atoms with E-state index in [0.29, 0.717) is 6.54 Å². The minimum Gasteiger partial charge on any atom is -0.326 e. The molecule has 3 heteroatoms. The molecule has 0 radical (unpaired) electrons. The Hall–Kier alpha value is -1.32. The summed E-state index contributed by atoms with van der Waals surface area (Å²) in [6.45, 7) is 2.74. The molecule has 2 aromatic rings. The highest BCUT2D eigenvalue weighted by molar-refractivity contribution is 7.98. The third kappa shape index (κ3) is 2.74. The first-order chi connectivity index (χ1) is 9.78. The fourth-order valence-electron chi connectivity index (χ4n) is 2.69. The van der Waals surface area contributed by atoms with Crippen molar-refractivity contribution in [1.82, 2.24) is 4.98 Å². The largest absolute Gasteiger partial charge is 0.326 e. The highest BCUT2D eigenvalue weighted by Crippen LogP contribution is 2.30. The average Bonchev–Trinajstić information content (AvgIpc) is 2.92. The minimum atomic E-state index is 0.580. The number of aromatic nitrogens is 1. The summed E-state index contributed by atoms with van der Waals surface area (Å²) in [6, 6.07) is 10.8. The van der Waals surface area contributed by atoms with Crippen LogP contribution in [0.5, 0.6) is 0 Å². The molecule has 3 rings (SSSR count). The molecule has 0 amide bonds. The van der Waals surface area contributed by atoms with Crippen LogP contribution in [0.15, 0.2) is 35.4 Å². The van der Waals surface area contributed by atoms with Gasteiger partial charge < -0.3 is 5.73 Å². The van der Waals surface area contributed by atoms with Gasteiger partial charge in [0, 0.05) is 18.0 Å². The summed E-state index contributed by atoms with van der Waals surface area (Å²) < 4.78 is 0. The highest BCUT2D eigenvalue weighted by atomic mass is 32.2. The van der Waals surface area contributed by atoms with E-state index in [-0.39, 0.29) is 0 Å². The zero-order valence-corrected chi connectivity index (χ0v) is 12.7. The van der Waals surface area contributed by atoms with Gasteiger partial charge in [-0.2, -0.15) is 0 Å². The molecule has 2 N–H and O–H groups in total. The van der Waals surface area contributed by atoms with Gasteiger partial charge in [-0.25, -0.2) is 4.98 Å². The number of hydrogen-bond donors (Lipinski definition) is 1. The zero-order valence-electron chi connectivity index (χ0n) is 11.9. The van der Waals surface area contributed by atoms with Crippen LogP contribution in [0.4, 0.5) is 0 Å². The Kier molecular flexibility index (Phi) is 4.08. The van der Waals surface area contributed by atoms with Gasteiger partial charge in [-0.05, 0) is 48.4 Å². The van der Waals surface area contributed by atoms with E-state index < -0.39 is 0 Å². The van der Waals surface area contributed by atoms with Gasteiger partial charge in [-0.3, -0.25) is 0 Å². The van der Waals surface area contributed by atoms with Crippen molar-refractivity contribution in [2.24, 2.45) is 5.73 Å². The lowest BCUT2D eigenvalue weighted by molar-refractivity contribution is 0.884. The molecule has 0 saturated carbocycles. The van der Waals surface area contributed by atoms with Crippen LogP contribution >= 0.6 is 11.8 Å². The van der Waals surface area contributed by atoms with Crippen LogP contribution in [0.1, 0.15) is 34.4 Å². The number of benzene rings is 1. The van der Waals surface area contributed by atoms with Crippen molar-refractivity contribution >= 4 is 11.8 Å². The topological polar surface area (TPSA) is 38.9 Å². The molecule has 1 aliphatic rings. The molecule has 1 heterocycles. The first kappa shape index (κ1) is 13.7. The number of pyridine rings is 1. The molecule has 0 fully saturated rings. The number of rotatable bonds is 4. The maximum absolute atomic E-state index is 5.89. The lowest BCUT2D eigenvalue weighted by atomic mass is 10.1. The normalized spacial score (nSPS) is 13.5. The van der Waals surface area contributed by atoms with Crippen molar-refractivity contribution < 1.29 is 0 Å². The predicted molar refractivity (Wildman–Crippen MR) is 84.9 cm³/mol. The van der Waals surface area contributed by atoms with E-state index in [9.17, 15) is 0 Å². The maximum atomic E-state index is 5.89. The lowest BCUT2D eigenvalue weighted by Gasteiger charge is -2.11. The summed E-state index contributed by atoms with van der Waals surface area (Å²) in [4.78, 5) is 4.85. The number of thioether (sulfide) groups is 1. The SMILES string of the molecule is Cc1ccccc1CSc1nc2c(cc1CN)CCC2. The second-order valence-corrected chi connectivity index (χ2v) is 6.30. The van der Waals surface area contributed by atoms with Crippen LogP contribution in [0.2, 0.25) is 0 Å². The third-order valence-corrected chi connectivity index (χ3v) is 5.02. The highest BCUT2D eigenvalue weighted by Gasteiger charge is 2.16. The first-order valence-corrected chi connectivity index (χ1v) is 8.15. The molecule has 20 heavy (non-hydrogen) atoms. The first-order valence-electron chi connectivity index (χ1n) is 7.17. The van der Waals surface area contributed by atoms with Gasteiger partial charge in [-0.1, -0.05) is 30.3 Å². The molecule has 1 aromatic heterocycles. The Morgan fingerprint density at radius 2 is 2.05 bits per heavy atom. The van der Waals surface area contributed by atoms with Gasteiger partial charge >= 0.3 is 0 Å². The number of aryl methyl sites for hydroxylation is 3. The van der Waals surface area contributed by atoms with Crippen molar-refractivity contribution in [3.8, 4) is 0 Å². The Morgan fingerprint density at radius 3 is 2.85 bits per heavy atom. The van der Waals surface area contributed by atoms with Crippen LogP contribution in [0, 0.1) is 6.92 Å². The standard InChI is InChI=1S/C17H20N2S/c1-12-5-2-3-6-14(12)11-20-17-15(10-18)9-13-7-4-8-16(13)19-17/h2-3,5-6,9H,4,7-8,10-11,18H2,1H3. The van der Waals surface area contributed by atoms with Crippen LogP contribution in [-0.4, -0.2) is 4.98 Å². The molecule has 1 aromatic carbocycles. The molecule has 1 aliphatic carbocycles. The maximum Gasteiger partial charge on any atom is 0.101 e. The summed E-state index contributed by atoms with van der Waals surface area (Å²) in [6.07, 6.45) is 3.52. The van der Waals surface area contributed by atoms with Crippen molar-refractivity contribution in [2.45, 2.75) is 43.5 Å². The molecule has 0 unspecified atom stereocenters. The zero-order chi connectivity index (χ0) is 13.9. The van der Waals surface area contributed by atoms with Gasteiger partial charge in [0.25, 0.3) is 0 Å². The van der Waals surface area contributed by atoms with E-state index in [2.05, 4.69) is 37.3 Å².